The average Bonchev–Trinajstić information content (AvgIpc) is 2.87. The van der Waals surface area contributed by atoms with Gasteiger partial charge in [-0.05, 0) is 23.7 Å². The lowest BCUT2D eigenvalue weighted by Gasteiger charge is -2.11. The second-order valence-electron chi connectivity index (χ2n) is 3.93. The minimum Gasteiger partial charge on any atom is -0.354 e. The molecule has 1 amide bonds. The van der Waals surface area contributed by atoms with Crippen LogP contribution in [-0.4, -0.2) is 22.0 Å². The van der Waals surface area contributed by atoms with E-state index < -0.39 is 0 Å². The second-order valence-corrected chi connectivity index (χ2v) is 5.23. The molecule has 2 aromatic rings. The third kappa shape index (κ3) is 1.62. The number of nitrogens with zero attached hydrogens (tertiary/aromatic N) is 1. The monoisotopic (exact) mass is 267 g/mol. The van der Waals surface area contributed by atoms with E-state index in [1.165, 1.54) is 15.9 Å². The molecule has 1 saturated heterocycles. The van der Waals surface area contributed by atoms with E-state index in [-0.39, 0.29) is 17.5 Å². The number of aromatic nitrogens is 2. The Kier molecular flexibility index (Phi) is 2.37. The molecule has 0 aromatic carbocycles. The summed E-state index contributed by atoms with van der Waals surface area (Å²) in [6.45, 7) is 0.465. The van der Waals surface area contributed by atoms with Gasteiger partial charge < -0.3 is 10.3 Å². The number of aromatic amines is 1. The molecule has 0 radical (unpaired) electrons. The van der Waals surface area contributed by atoms with Crippen molar-refractivity contribution in [3.63, 3.8) is 0 Å². The molecular weight excluding hydrogens is 258 g/mol. The summed E-state index contributed by atoms with van der Waals surface area (Å²) in [7, 11) is 0. The second kappa shape index (κ2) is 3.78. The molecule has 3 rings (SSSR count). The van der Waals surface area contributed by atoms with Gasteiger partial charge in [-0.1, -0.05) is 0 Å². The molecule has 1 atom stereocenters. The lowest BCUT2D eigenvalue weighted by atomic mass is 10.2. The minimum absolute atomic E-state index is 0.0393. The molecule has 1 unspecified atom stereocenters. The Hall–Kier alpha value is -1.47. The summed E-state index contributed by atoms with van der Waals surface area (Å²) in [4.78, 5) is 26.5. The summed E-state index contributed by atoms with van der Waals surface area (Å²) in [5.41, 5.74) is 0.652. The Morgan fingerprint density at radius 2 is 2.29 bits per heavy atom. The van der Waals surface area contributed by atoms with Gasteiger partial charge in [0, 0.05) is 13.0 Å². The zero-order valence-corrected chi connectivity index (χ0v) is 10.4. The standard InChI is InChI=1S/C10H9N3O2S2/c14-7-3-5(4-11-7)13-9(15)8-6(1-2-17-8)12-10(13)16/h1-2,5H,3-4H2,(H,11,14)(H,12,16). The van der Waals surface area contributed by atoms with Crippen molar-refractivity contribution < 1.29 is 4.79 Å². The van der Waals surface area contributed by atoms with Crippen molar-refractivity contribution in [3.8, 4) is 0 Å². The third-order valence-electron chi connectivity index (χ3n) is 2.86. The van der Waals surface area contributed by atoms with Crippen molar-refractivity contribution in [2.24, 2.45) is 0 Å². The number of amides is 1. The van der Waals surface area contributed by atoms with Crippen molar-refractivity contribution in [1.29, 1.82) is 0 Å². The van der Waals surface area contributed by atoms with Crippen LogP contribution in [0.4, 0.5) is 0 Å². The fourth-order valence-corrected chi connectivity index (χ4v) is 3.18. The molecule has 2 N–H and O–H groups in total. The van der Waals surface area contributed by atoms with Gasteiger partial charge in [-0.15, -0.1) is 11.3 Å². The number of thiophene rings is 1. The zero-order valence-electron chi connectivity index (χ0n) is 8.73. The van der Waals surface area contributed by atoms with Crippen LogP contribution in [0.1, 0.15) is 12.5 Å². The predicted octanol–water partition coefficient (Wildman–Crippen LogP) is 1.18. The summed E-state index contributed by atoms with van der Waals surface area (Å²) in [5.74, 6) is -0.0393. The largest absolute Gasteiger partial charge is 0.354 e. The number of fused-ring (bicyclic) bond motifs is 1. The number of carbonyl (C=O) groups excluding carboxylic acids is 1. The fraction of sp³-hybridized carbons (Fsp3) is 0.300. The lowest BCUT2D eigenvalue weighted by Crippen LogP contribution is -2.27. The number of hydrogen-bond donors (Lipinski definition) is 2. The Morgan fingerprint density at radius 3 is 3.00 bits per heavy atom. The molecule has 3 heterocycles. The first-order chi connectivity index (χ1) is 8.16. The molecule has 0 spiro atoms. The zero-order chi connectivity index (χ0) is 12.0. The van der Waals surface area contributed by atoms with Crippen molar-refractivity contribution >= 4 is 39.7 Å². The first-order valence-electron chi connectivity index (χ1n) is 5.15. The summed E-state index contributed by atoms with van der Waals surface area (Å²) in [6.07, 6.45) is 0.314. The van der Waals surface area contributed by atoms with Gasteiger partial charge in [-0.25, -0.2) is 0 Å². The van der Waals surface area contributed by atoms with Crippen LogP contribution in [0.3, 0.4) is 0 Å². The predicted molar refractivity (Wildman–Crippen MR) is 67.9 cm³/mol. The molecule has 17 heavy (non-hydrogen) atoms. The summed E-state index contributed by atoms with van der Waals surface area (Å²) < 4.78 is 2.53. The van der Waals surface area contributed by atoms with E-state index in [0.29, 0.717) is 22.4 Å². The maximum Gasteiger partial charge on any atom is 0.272 e. The first-order valence-corrected chi connectivity index (χ1v) is 6.44. The van der Waals surface area contributed by atoms with E-state index in [9.17, 15) is 9.59 Å². The van der Waals surface area contributed by atoms with E-state index in [0.717, 1.165) is 5.52 Å². The van der Waals surface area contributed by atoms with Crippen LogP contribution in [-0.2, 0) is 4.79 Å². The molecule has 0 saturated carbocycles. The maximum atomic E-state index is 12.3. The molecule has 2 aromatic heterocycles. The fourth-order valence-electron chi connectivity index (χ4n) is 2.05. The number of H-pyrrole nitrogens is 1. The van der Waals surface area contributed by atoms with E-state index in [1.807, 2.05) is 11.4 Å². The molecule has 1 aliphatic rings. The van der Waals surface area contributed by atoms with E-state index in [2.05, 4.69) is 10.3 Å². The number of carbonyl (C=O) groups is 1. The van der Waals surface area contributed by atoms with Gasteiger partial charge >= 0.3 is 0 Å². The smallest absolute Gasteiger partial charge is 0.272 e. The SMILES string of the molecule is O=C1CC(n2c(=S)[nH]c3ccsc3c2=O)CN1. The maximum absolute atomic E-state index is 12.3. The molecule has 88 valence electrons. The average molecular weight is 267 g/mol. The van der Waals surface area contributed by atoms with E-state index in [1.54, 1.807) is 0 Å². The highest BCUT2D eigenvalue weighted by molar-refractivity contribution is 7.71. The van der Waals surface area contributed by atoms with Crippen LogP contribution in [0, 0.1) is 4.77 Å². The van der Waals surface area contributed by atoms with Gasteiger partial charge in [0.2, 0.25) is 5.91 Å². The van der Waals surface area contributed by atoms with Gasteiger partial charge in [0.05, 0.1) is 11.6 Å². The summed E-state index contributed by atoms with van der Waals surface area (Å²) in [6, 6.07) is 1.66. The third-order valence-corrected chi connectivity index (χ3v) is 4.06. The highest BCUT2D eigenvalue weighted by Crippen LogP contribution is 2.18. The Morgan fingerprint density at radius 1 is 1.47 bits per heavy atom. The highest BCUT2D eigenvalue weighted by Gasteiger charge is 2.25. The van der Waals surface area contributed by atoms with E-state index in [4.69, 9.17) is 12.2 Å². The van der Waals surface area contributed by atoms with Gasteiger partial charge in [0.25, 0.3) is 5.56 Å². The number of nitrogens with one attached hydrogen (secondary N) is 2. The van der Waals surface area contributed by atoms with Crippen LogP contribution in [0.2, 0.25) is 0 Å². The molecule has 5 nitrogen and oxygen atoms in total. The molecular formula is C10H9N3O2S2. The number of hydrogen-bond acceptors (Lipinski definition) is 4. The van der Waals surface area contributed by atoms with Gasteiger partial charge in [-0.3, -0.25) is 14.2 Å². The molecule has 0 bridgehead atoms. The first kappa shape index (κ1) is 10.7. The molecule has 1 fully saturated rings. The van der Waals surface area contributed by atoms with Crippen LogP contribution in [0.15, 0.2) is 16.2 Å². The summed E-state index contributed by atoms with van der Waals surface area (Å²) >= 11 is 6.56. The Bertz CT molecular complexity index is 712. The molecule has 0 aliphatic carbocycles. The number of rotatable bonds is 1. The van der Waals surface area contributed by atoms with Crippen molar-refractivity contribution in [2.75, 3.05) is 6.54 Å². The molecule has 7 heteroatoms. The Labute approximate surface area is 105 Å². The van der Waals surface area contributed by atoms with Gasteiger partial charge in [-0.2, -0.15) is 0 Å². The van der Waals surface area contributed by atoms with Crippen LogP contribution in [0.25, 0.3) is 10.2 Å². The van der Waals surface area contributed by atoms with Crippen molar-refractivity contribution in [2.45, 2.75) is 12.5 Å². The molecule has 1 aliphatic heterocycles. The van der Waals surface area contributed by atoms with Crippen LogP contribution < -0.4 is 10.9 Å². The highest BCUT2D eigenvalue weighted by atomic mass is 32.1. The van der Waals surface area contributed by atoms with Gasteiger partial charge in [0.15, 0.2) is 4.77 Å². The quantitative estimate of drug-likeness (QED) is 0.762. The minimum atomic E-state index is -0.176. The summed E-state index contributed by atoms with van der Waals surface area (Å²) in [5, 5.41) is 4.56. The Balaban J connectivity index is 2.25. The lowest BCUT2D eigenvalue weighted by molar-refractivity contribution is -0.119. The normalized spacial score (nSPS) is 19.8. The van der Waals surface area contributed by atoms with Crippen molar-refractivity contribution in [3.05, 3.63) is 26.6 Å². The van der Waals surface area contributed by atoms with Gasteiger partial charge in [0.1, 0.15) is 4.70 Å². The van der Waals surface area contributed by atoms with Crippen LogP contribution >= 0.6 is 23.6 Å². The topological polar surface area (TPSA) is 66.9 Å². The van der Waals surface area contributed by atoms with Crippen LogP contribution in [0.5, 0.6) is 0 Å². The van der Waals surface area contributed by atoms with Crippen molar-refractivity contribution in [1.82, 2.24) is 14.9 Å². The van der Waals surface area contributed by atoms with E-state index >= 15 is 0 Å².